The van der Waals surface area contributed by atoms with E-state index in [4.69, 9.17) is 23.2 Å². The molecule has 11 heteroatoms. The number of pyridine rings is 2. The number of benzene rings is 1. The van der Waals surface area contributed by atoms with Crippen LogP contribution in [0.25, 0.3) is 20.3 Å². The molecular weight excluding hydrogens is 717 g/mol. The standard InChI is InChI=1S/C9H7ClS.C8H7NS.C7H6F3N.C6H7ClS.C6H8S/c1-6-4-7-2-3-8(10)5-9(7)11-6;1-6-5-7-3-2-4-9-8(7)10-6;1-5-3-2-4-6(11-5)7(8,9)10;1-4-3-6(7)5(2)8-4;1-5-3-4-6(2)7-5/h2-5H,1H3;2-5H,1H3;2-4H,1H3;3H,1-2H3;3-4H,1-2H3. The third-order valence-corrected chi connectivity index (χ3v) is 10.7. The predicted molar refractivity (Wildman–Crippen MR) is 203 cm³/mol. The van der Waals surface area contributed by atoms with Gasteiger partial charge >= 0.3 is 6.18 Å². The zero-order valence-corrected chi connectivity index (χ0v) is 31.8. The van der Waals surface area contributed by atoms with Gasteiger partial charge in [0.05, 0.1) is 5.02 Å². The Morgan fingerprint density at radius 1 is 0.596 bits per heavy atom. The Bertz CT molecular complexity index is 1940. The monoisotopic (exact) mass is 750 g/mol. The van der Waals surface area contributed by atoms with E-state index in [1.165, 1.54) is 63.8 Å². The van der Waals surface area contributed by atoms with Crippen LogP contribution in [0.2, 0.25) is 10.0 Å². The normalized spacial score (nSPS) is 10.6. The number of hydrogen-bond acceptors (Lipinski definition) is 6. The molecule has 0 aliphatic carbocycles. The predicted octanol–water partition coefficient (Wildman–Crippen LogP) is 14.3. The van der Waals surface area contributed by atoms with Gasteiger partial charge in [-0.1, -0.05) is 41.4 Å². The summed E-state index contributed by atoms with van der Waals surface area (Å²) in [5.41, 5.74) is -0.461. The van der Waals surface area contributed by atoms with Crippen LogP contribution in [0.15, 0.2) is 85.1 Å². The number of rotatable bonds is 0. The number of halogens is 5. The first kappa shape index (κ1) is 38.7. The van der Waals surface area contributed by atoms with Crippen molar-refractivity contribution < 1.29 is 13.2 Å². The second-order valence-electron chi connectivity index (χ2n) is 10.4. The van der Waals surface area contributed by atoms with Gasteiger partial charge < -0.3 is 0 Å². The van der Waals surface area contributed by atoms with Crippen molar-refractivity contribution in [3.63, 3.8) is 0 Å². The van der Waals surface area contributed by atoms with E-state index in [1.807, 2.05) is 48.7 Å². The van der Waals surface area contributed by atoms with Gasteiger partial charge in [-0.25, -0.2) is 9.97 Å². The largest absolute Gasteiger partial charge is 0.433 e. The Balaban J connectivity index is 0.000000161. The fourth-order valence-corrected chi connectivity index (χ4v) is 7.98. The van der Waals surface area contributed by atoms with Crippen molar-refractivity contribution in [2.75, 3.05) is 0 Å². The summed E-state index contributed by atoms with van der Waals surface area (Å²) in [5.74, 6) is 0. The Morgan fingerprint density at radius 2 is 1.23 bits per heavy atom. The zero-order valence-electron chi connectivity index (χ0n) is 27.0. The first-order valence-corrected chi connectivity index (χ1v) is 18.4. The average Bonchev–Trinajstić information content (AvgIpc) is 3.74. The van der Waals surface area contributed by atoms with E-state index in [2.05, 4.69) is 81.0 Å². The molecule has 0 radical (unpaired) electrons. The Labute approximate surface area is 300 Å². The lowest BCUT2D eigenvalue weighted by Crippen LogP contribution is -2.07. The molecule has 248 valence electrons. The van der Waals surface area contributed by atoms with Crippen molar-refractivity contribution in [1.29, 1.82) is 0 Å². The highest BCUT2D eigenvalue weighted by Gasteiger charge is 2.32. The molecule has 6 heterocycles. The van der Waals surface area contributed by atoms with Crippen molar-refractivity contribution in [2.24, 2.45) is 0 Å². The summed E-state index contributed by atoms with van der Waals surface area (Å²) in [5, 5.41) is 4.26. The van der Waals surface area contributed by atoms with Crippen LogP contribution in [0.1, 0.15) is 40.7 Å². The van der Waals surface area contributed by atoms with Gasteiger partial charge in [0.1, 0.15) is 10.5 Å². The molecule has 7 aromatic rings. The minimum atomic E-state index is -4.33. The van der Waals surface area contributed by atoms with E-state index in [1.54, 1.807) is 34.0 Å². The minimum Gasteiger partial charge on any atom is -0.249 e. The Kier molecular flexibility index (Phi) is 14.9. The van der Waals surface area contributed by atoms with Crippen LogP contribution in [0.3, 0.4) is 0 Å². The molecule has 0 aliphatic rings. The maximum Gasteiger partial charge on any atom is 0.433 e. The SMILES string of the molecule is Cc1cc(Cl)c(C)s1.Cc1cc2ccc(Cl)cc2s1.Cc1cc2cccnc2s1.Cc1ccc(C)s1.Cc1cccc(C(F)(F)F)n1. The Morgan fingerprint density at radius 3 is 1.72 bits per heavy atom. The van der Waals surface area contributed by atoms with Gasteiger partial charge in [0.25, 0.3) is 0 Å². The number of thiophene rings is 4. The molecule has 0 atom stereocenters. The molecule has 7 rings (SSSR count). The summed E-state index contributed by atoms with van der Waals surface area (Å²) in [6, 6.07) is 24.5. The van der Waals surface area contributed by atoms with E-state index in [0.717, 1.165) is 20.9 Å². The molecular formula is C36H35Cl2F3N2S4. The van der Waals surface area contributed by atoms with Crippen molar-refractivity contribution >= 4 is 88.9 Å². The summed E-state index contributed by atoms with van der Waals surface area (Å²) in [4.78, 5) is 16.6. The van der Waals surface area contributed by atoms with Crippen molar-refractivity contribution in [1.82, 2.24) is 9.97 Å². The number of fused-ring (bicyclic) bond motifs is 2. The first-order chi connectivity index (χ1) is 22.1. The van der Waals surface area contributed by atoms with Crippen LogP contribution in [0.5, 0.6) is 0 Å². The highest BCUT2D eigenvalue weighted by atomic mass is 35.5. The molecule has 0 amide bonds. The van der Waals surface area contributed by atoms with Crippen molar-refractivity contribution in [3.05, 3.63) is 136 Å². The van der Waals surface area contributed by atoms with E-state index < -0.39 is 11.9 Å². The number of nitrogens with zero attached hydrogens (tertiary/aromatic N) is 2. The molecule has 0 fully saturated rings. The Hall–Kier alpha value is -2.79. The van der Waals surface area contributed by atoms with Crippen molar-refractivity contribution in [3.8, 4) is 0 Å². The molecule has 0 N–H and O–H groups in total. The highest BCUT2D eigenvalue weighted by molar-refractivity contribution is 7.19. The smallest absolute Gasteiger partial charge is 0.249 e. The van der Waals surface area contributed by atoms with Gasteiger partial charge in [0, 0.05) is 56.3 Å². The molecule has 2 nitrogen and oxygen atoms in total. The second-order valence-corrected chi connectivity index (χ2v) is 16.7. The van der Waals surface area contributed by atoms with Gasteiger partial charge in [-0.3, -0.25) is 0 Å². The van der Waals surface area contributed by atoms with Crippen LogP contribution >= 0.6 is 68.5 Å². The summed E-state index contributed by atoms with van der Waals surface area (Å²) in [6.45, 7) is 14.1. The van der Waals surface area contributed by atoms with Gasteiger partial charge in [-0.05, 0) is 115 Å². The number of alkyl halides is 3. The maximum atomic E-state index is 11.9. The van der Waals surface area contributed by atoms with E-state index >= 15 is 0 Å². The fraction of sp³-hybridized carbons (Fsp3) is 0.222. The molecule has 1 aromatic carbocycles. The molecule has 0 aliphatic heterocycles. The molecule has 6 aromatic heterocycles. The number of hydrogen-bond donors (Lipinski definition) is 0. The number of aromatic nitrogens is 2. The van der Waals surface area contributed by atoms with Gasteiger partial charge in [-0.2, -0.15) is 13.2 Å². The second kappa shape index (κ2) is 18.1. The van der Waals surface area contributed by atoms with Crippen LogP contribution in [0.4, 0.5) is 13.2 Å². The lowest BCUT2D eigenvalue weighted by molar-refractivity contribution is -0.141. The molecule has 0 saturated carbocycles. The van der Waals surface area contributed by atoms with Crippen LogP contribution in [-0.4, -0.2) is 9.97 Å². The third kappa shape index (κ3) is 13.3. The van der Waals surface area contributed by atoms with E-state index in [0.29, 0.717) is 5.69 Å². The minimum absolute atomic E-state index is 0.375. The fourth-order valence-electron chi connectivity index (χ4n) is 3.99. The van der Waals surface area contributed by atoms with Crippen LogP contribution in [-0.2, 0) is 6.18 Å². The molecule has 0 unspecified atom stereocenters. The lowest BCUT2D eigenvalue weighted by Gasteiger charge is -2.04. The molecule has 47 heavy (non-hydrogen) atoms. The molecule has 0 bridgehead atoms. The topological polar surface area (TPSA) is 25.8 Å². The maximum absolute atomic E-state index is 11.9. The zero-order chi connectivity index (χ0) is 34.7. The summed E-state index contributed by atoms with van der Waals surface area (Å²) < 4.78 is 37.0. The first-order valence-electron chi connectivity index (χ1n) is 14.3. The van der Waals surface area contributed by atoms with E-state index in [-0.39, 0.29) is 0 Å². The summed E-state index contributed by atoms with van der Waals surface area (Å²) in [6.07, 6.45) is -2.50. The average molecular weight is 752 g/mol. The summed E-state index contributed by atoms with van der Waals surface area (Å²) in [7, 11) is 0. The lowest BCUT2D eigenvalue weighted by atomic mass is 10.2. The van der Waals surface area contributed by atoms with Gasteiger partial charge in [0.2, 0.25) is 0 Å². The molecule has 0 spiro atoms. The number of aryl methyl sites for hydroxylation is 7. The van der Waals surface area contributed by atoms with Gasteiger partial charge in [-0.15, -0.1) is 45.3 Å². The summed E-state index contributed by atoms with van der Waals surface area (Å²) >= 11 is 18.7. The van der Waals surface area contributed by atoms with Crippen LogP contribution in [0, 0.1) is 48.5 Å². The van der Waals surface area contributed by atoms with Crippen LogP contribution < -0.4 is 0 Å². The van der Waals surface area contributed by atoms with Gasteiger partial charge in [0.15, 0.2) is 0 Å². The third-order valence-electron chi connectivity index (χ3n) is 6.06. The highest BCUT2D eigenvalue weighted by Crippen LogP contribution is 2.28. The quantitative estimate of drug-likeness (QED) is 0.154. The van der Waals surface area contributed by atoms with E-state index in [9.17, 15) is 13.2 Å². The van der Waals surface area contributed by atoms with Crippen molar-refractivity contribution in [2.45, 2.75) is 54.6 Å². The molecule has 0 saturated heterocycles.